The van der Waals surface area contributed by atoms with E-state index in [1.807, 2.05) is 44.2 Å². The fraction of sp³-hybridized carbons (Fsp3) is 0.459. The second-order valence-electron chi connectivity index (χ2n) is 15.4. The van der Waals surface area contributed by atoms with Crippen LogP contribution in [0.15, 0.2) is 36.4 Å². The van der Waals surface area contributed by atoms with Gasteiger partial charge in [0.05, 0.1) is 29.8 Å². The Morgan fingerprint density at radius 2 is 1.63 bits per heavy atom. The normalized spacial score (nSPS) is 20.2. The Hall–Kier alpha value is -4.75. The van der Waals surface area contributed by atoms with Gasteiger partial charge in [-0.1, -0.05) is 23.8 Å². The summed E-state index contributed by atoms with van der Waals surface area (Å²) in [4.78, 5) is 53.5. The van der Waals surface area contributed by atoms with Crippen molar-refractivity contribution in [2.24, 2.45) is 0 Å². The third kappa shape index (κ3) is 6.26. The molecular formula is C37H42ClN7O6. The fourth-order valence-electron chi connectivity index (χ4n) is 7.00. The zero-order valence-corrected chi connectivity index (χ0v) is 30.8. The van der Waals surface area contributed by atoms with Gasteiger partial charge in [-0.2, -0.15) is 4.68 Å². The molecule has 1 N–H and O–H groups in total. The number of amides is 2. The Morgan fingerprint density at radius 1 is 0.941 bits per heavy atom. The van der Waals surface area contributed by atoms with Gasteiger partial charge in [0.25, 0.3) is 0 Å². The summed E-state index contributed by atoms with van der Waals surface area (Å²) >= 11 is 6.41. The number of fused-ring (bicyclic) bond motifs is 3. The number of nitrogens with one attached hydrogen (secondary N) is 1. The summed E-state index contributed by atoms with van der Waals surface area (Å²) in [5, 5.41) is 8.68. The minimum absolute atomic E-state index is 0.0685. The quantitative estimate of drug-likeness (QED) is 0.215. The highest BCUT2D eigenvalue weighted by atomic mass is 35.5. The molecule has 2 aliphatic heterocycles. The SMILES string of the molecule is Cc1ccc2c(c1)[C@]1(C[C@H]1c1ccc3c(Nc4nc(Cl)nc(N5CCOCC5)c4C)nn(C(=O)OC(C)(C)C)c3c1)C(=O)N2C(=O)OC(C)(C)C. The summed E-state index contributed by atoms with van der Waals surface area (Å²) in [6.07, 6.45) is -0.878. The van der Waals surface area contributed by atoms with Crippen molar-refractivity contribution in [2.45, 2.75) is 84.3 Å². The molecule has 7 rings (SSSR count). The number of imide groups is 1. The number of aryl methyl sites for hydroxylation is 1. The first-order valence-electron chi connectivity index (χ1n) is 17.1. The predicted octanol–water partition coefficient (Wildman–Crippen LogP) is 7.17. The molecule has 2 fully saturated rings. The van der Waals surface area contributed by atoms with E-state index in [2.05, 4.69) is 25.3 Å². The van der Waals surface area contributed by atoms with Crippen LogP contribution in [0.4, 0.5) is 32.7 Å². The van der Waals surface area contributed by atoms with E-state index in [0.29, 0.717) is 66.8 Å². The number of hydrogen-bond donors (Lipinski definition) is 1. The van der Waals surface area contributed by atoms with Crippen LogP contribution in [0.1, 0.15) is 76.1 Å². The second kappa shape index (κ2) is 12.2. The molecule has 1 spiro atoms. The minimum Gasteiger partial charge on any atom is -0.443 e. The maximum atomic E-state index is 14.3. The first kappa shape index (κ1) is 34.7. The molecule has 4 heterocycles. The molecule has 0 radical (unpaired) electrons. The zero-order valence-electron chi connectivity index (χ0n) is 30.1. The van der Waals surface area contributed by atoms with Crippen molar-refractivity contribution >= 4 is 63.7 Å². The highest BCUT2D eigenvalue weighted by Gasteiger charge is 2.68. The van der Waals surface area contributed by atoms with Crippen LogP contribution in [0.2, 0.25) is 5.28 Å². The van der Waals surface area contributed by atoms with Crippen molar-refractivity contribution in [1.29, 1.82) is 0 Å². The Balaban J connectivity index is 1.29. The van der Waals surface area contributed by atoms with Gasteiger partial charge >= 0.3 is 12.2 Å². The van der Waals surface area contributed by atoms with E-state index < -0.39 is 28.8 Å². The lowest BCUT2D eigenvalue weighted by atomic mass is 9.91. The molecule has 2 aromatic heterocycles. The van der Waals surface area contributed by atoms with E-state index >= 15 is 0 Å². The number of hydrogen-bond acceptors (Lipinski definition) is 11. The third-order valence-electron chi connectivity index (χ3n) is 9.31. The van der Waals surface area contributed by atoms with E-state index in [9.17, 15) is 14.4 Å². The molecule has 14 heteroatoms. The number of benzene rings is 2. The van der Waals surface area contributed by atoms with Gasteiger partial charge in [0.2, 0.25) is 11.2 Å². The molecule has 2 amide bonds. The smallest absolute Gasteiger partial charge is 0.435 e. The molecule has 13 nitrogen and oxygen atoms in total. The largest absolute Gasteiger partial charge is 0.443 e. The van der Waals surface area contributed by atoms with Crippen LogP contribution in [-0.2, 0) is 24.4 Å². The highest BCUT2D eigenvalue weighted by molar-refractivity contribution is 6.28. The molecule has 268 valence electrons. The van der Waals surface area contributed by atoms with E-state index in [-0.39, 0.29) is 17.1 Å². The van der Waals surface area contributed by atoms with Gasteiger partial charge in [0, 0.05) is 30.0 Å². The van der Waals surface area contributed by atoms with Gasteiger partial charge < -0.3 is 24.4 Å². The summed E-state index contributed by atoms with van der Waals surface area (Å²) in [6, 6.07) is 11.3. The standard InChI is InChI=1S/C37H42ClN7O6/c1-20-9-12-26-24(17-20)37(31(46)44(26)33(47)50-35(3,4)5)19-25(37)22-10-11-23-27(18-22)45(34(48)51-36(6,7)8)42-29(23)39-28-21(2)30(41-32(38)40-28)43-13-15-49-16-14-43/h9-12,17-18,25H,13-16,19H2,1-8H3,(H,39,40,41,42)/t25-,37-/m0/s1. The van der Waals surface area contributed by atoms with Crippen LogP contribution in [-0.4, -0.2) is 75.3 Å². The van der Waals surface area contributed by atoms with E-state index in [0.717, 1.165) is 22.3 Å². The monoisotopic (exact) mass is 715 g/mol. The Bertz CT molecular complexity index is 2100. The number of carbonyl (C=O) groups is 3. The molecule has 1 aliphatic carbocycles. The van der Waals surface area contributed by atoms with Gasteiger partial charge in [-0.25, -0.2) is 24.5 Å². The molecule has 1 saturated heterocycles. The minimum atomic E-state index is -0.950. The summed E-state index contributed by atoms with van der Waals surface area (Å²) in [6.45, 7) is 17.0. The molecule has 51 heavy (non-hydrogen) atoms. The highest BCUT2D eigenvalue weighted by Crippen LogP contribution is 2.66. The lowest BCUT2D eigenvalue weighted by Gasteiger charge is -2.29. The number of morpholine rings is 1. The summed E-state index contributed by atoms with van der Waals surface area (Å²) < 4.78 is 18.2. The molecule has 0 bridgehead atoms. The zero-order chi connectivity index (χ0) is 36.6. The second-order valence-corrected chi connectivity index (χ2v) is 15.7. The van der Waals surface area contributed by atoms with Crippen LogP contribution in [0.3, 0.4) is 0 Å². The number of halogens is 1. The van der Waals surface area contributed by atoms with Gasteiger partial charge in [-0.3, -0.25) is 4.79 Å². The number of carbonyl (C=O) groups excluding carboxylic acids is 3. The van der Waals surface area contributed by atoms with Crippen LogP contribution in [0, 0.1) is 13.8 Å². The predicted molar refractivity (Wildman–Crippen MR) is 193 cm³/mol. The lowest BCUT2D eigenvalue weighted by Crippen LogP contribution is -2.41. The first-order valence-corrected chi connectivity index (χ1v) is 17.4. The van der Waals surface area contributed by atoms with Crippen LogP contribution >= 0.6 is 11.6 Å². The lowest BCUT2D eigenvalue weighted by molar-refractivity contribution is -0.120. The molecule has 4 aromatic rings. The summed E-state index contributed by atoms with van der Waals surface area (Å²) in [7, 11) is 0. The maximum absolute atomic E-state index is 14.3. The van der Waals surface area contributed by atoms with E-state index in [1.165, 1.54) is 9.58 Å². The third-order valence-corrected chi connectivity index (χ3v) is 9.48. The number of ether oxygens (including phenoxy) is 3. The van der Waals surface area contributed by atoms with Crippen LogP contribution < -0.4 is 15.1 Å². The van der Waals surface area contributed by atoms with Crippen molar-refractivity contribution in [3.63, 3.8) is 0 Å². The van der Waals surface area contributed by atoms with Crippen LogP contribution in [0.25, 0.3) is 10.9 Å². The van der Waals surface area contributed by atoms with Gasteiger partial charge in [0.1, 0.15) is 22.8 Å². The van der Waals surface area contributed by atoms with Crippen molar-refractivity contribution in [2.75, 3.05) is 41.4 Å². The topological polar surface area (TPSA) is 141 Å². The van der Waals surface area contributed by atoms with E-state index in [1.54, 1.807) is 47.6 Å². The average Bonchev–Trinajstić information content (AvgIpc) is 3.63. The van der Waals surface area contributed by atoms with Crippen molar-refractivity contribution in [3.8, 4) is 0 Å². The Morgan fingerprint density at radius 3 is 2.31 bits per heavy atom. The van der Waals surface area contributed by atoms with Crippen molar-refractivity contribution in [1.82, 2.24) is 19.7 Å². The average molecular weight is 716 g/mol. The summed E-state index contributed by atoms with van der Waals surface area (Å²) in [5.41, 5.74) is 1.85. The van der Waals surface area contributed by atoms with Gasteiger partial charge in [-0.05, 0) is 103 Å². The maximum Gasteiger partial charge on any atom is 0.435 e. The number of rotatable bonds is 4. The molecule has 2 aromatic carbocycles. The molecular weight excluding hydrogens is 674 g/mol. The molecule has 2 atom stereocenters. The van der Waals surface area contributed by atoms with Crippen molar-refractivity contribution in [3.05, 3.63) is 63.9 Å². The van der Waals surface area contributed by atoms with Crippen LogP contribution in [0.5, 0.6) is 0 Å². The first-order chi connectivity index (χ1) is 24.0. The fourth-order valence-corrected chi connectivity index (χ4v) is 7.16. The van der Waals surface area contributed by atoms with E-state index in [4.69, 9.17) is 25.8 Å². The number of anilines is 4. The Labute approximate surface area is 301 Å². The van der Waals surface area contributed by atoms with Gasteiger partial charge in [-0.15, -0.1) is 5.10 Å². The number of aromatic nitrogens is 4. The number of nitrogens with zero attached hydrogens (tertiary/aromatic N) is 6. The molecule has 3 aliphatic rings. The Kier molecular flexibility index (Phi) is 8.29. The molecule has 0 unspecified atom stereocenters. The molecule has 1 saturated carbocycles. The van der Waals surface area contributed by atoms with Crippen molar-refractivity contribution < 1.29 is 28.6 Å². The van der Waals surface area contributed by atoms with Gasteiger partial charge in [0.15, 0.2) is 5.82 Å². The summed E-state index contributed by atoms with van der Waals surface area (Å²) in [5.74, 6) is 0.920.